The number of halogens is 1. The van der Waals surface area contributed by atoms with Crippen LogP contribution in [0.4, 0.5) is 17.2 Å². The molecular weight excluding hydrogens is 536 g/mol. The average Bonchev–Trinajstić information content (AvgIpc) is 2.99. The lowest BCUT2D eigenvalue weighted by Gasteiger charge is -2.39. The number of carbonyl (C=O) groups is 1. The minimum Gasteiger partial charge on any atom is -0.457 e. The molecule has 3 heterocycles. The Morgan fingerprint density at radius 3 is 2.49 bits per heavy atom. The van der Waals surface area contributed by atoms with E-state index in [1.807, 2.05) is 66.6 Å². The van der Waals surface area contributed by atoms with E-state index in [-0.39, 0.29) is 11.9 Å². The molecule has 2 aliphatic heterocycles. The van der Waals surface area contributed by atoms with Gasteiger partial charge in [0.15, 0.2) is 0 Å². The summed E-state index contributed by atoms with van der Waals surface area (Å²) in [6, 6.07) is 25.6. The van der Waals surface area contributed by atoms with Crippen molar-refractivity contribution in [3.63, 3.8) is 0 Å². The first kappa shape index (κ1) is 26.9. The first-order valence-electron chi connectivity index (χ1n) is 14.0. The first-order chi connectivity index (χ1) is 20.0. The standard InChI is InChI=1S/C32H33ClN6O2/c1-23-34-21-29-30(36-25-8-6-12-28(20-25)41-27-11-5-7-24(33)19-27)13-14-39(32(29)35-23)22-31(40)38-17-15-37(16-18-38)26-9-3-2-4-10-26/h2-12,19-21,30,36H,13-18,22H2,1H3. The van der Waals surface area contributed by atoms with Crippen molar-refractivity contribution < 1.29 is 9.53 Å². The molecule has 0 radical (unpaired) electrons. The van der Waals surface area contributed by atoms with Crippen molar-refractivity contribution in [1.82, 2.24) is 14.9 Å². The highest BCUT2D eigenvalue weighted by atomic mass is 35.5. The first-order valence-corrected chi connectivity index (χ1v) is 14.4. The molecule has 0 aliphatic carbocycles. The van der Waals surface area contributed by atoms with Gasteiger partial charge in [-0.1, -0.05) is 41.9 Å². The summed E-state index contributed by atoms with van der Waals surface area (Å²) in [7, 11) is 0. The van der Waals surface area contributed by atoms with E-state index in [4.69, 9.17) is 21.3 Å². The Morgan fingerprint density at radius 1 is 0.951 bits per heavy atom. The van der Waals surface area contributed by atoms with Crippen molar-refractivity contribution >= 4 is 34.7 Å². The number of nitrogens with one attached hydrogen (secondary N) is 1. The molecule has 0 bridgehead atoms. The number of hydrogen-bond acceptors (Lipinski definition) is 7. The third-order valence-electron chi connectivity index (χ3n) is 7.57. The number of hydrogen-bond donors (Lipinski definition) is 1. The number of ether oxygens (including phenoxy) is 1. The van der Waals surface area contributed by atoms with Crippen LogP contribution >= 0.6 is 11.6 Å². The topological polar surface area (TPSA) is 73.8 Å². The number of carbonyl (C=O) groups excluding carboxylic acids is 1. The Labute approximate surface area is 245 Å². The second kappa shape index (κ2) is 12.1. The van der Waals surface area contributed by atoms with Gasteiger partial charge >= 0.3 is 0 Å². The van der Waals surface area contributed by atoms with Crippen LogP contribution in [-0.2, 0) is 4.79 Å². The summed E-state index contributed by atoms with van der Waals surface area (Å²) >= 11 is 6.11. The van der Waals surface area contributed by atoms with Gasteiger partial charge in [-0.3, -0.25) is 4.79 Å². The van der Waals surface area contributed by atoms with Crippen LogP contribution in [0.3, 0.4) is 0 Å². The summed E-state index contributed by atoms with van der Waals surface area (Å²) in [6.07, 6.45) is 2.70. The molecule has 0 saturated carbocycles. The SMILES string of the molecule is Cc1ncc2c(n1)N(CC(=O)N1CCN(c3ccccc3)CC1)CCC2Nc1cccc(Oc2cccc(Cl)c2)c1. The van der Waals surface area contributed by atoms with Crippen LogP contribution in [0.15, 0.2) is 85.1 Å². The smallest absolute Gasteiger partial charge is 0.242 e. The fourth-order valence-electron chi connectivity index (χ4n) is 5.45. The zero-order valence-electron chi connectivity index (χ0n) is 23.0. The zero-order chi connectivity index (χ0) is 28.2. The van der Waals surface area contributed by atoms with E-state index < -0.39 is 0 Å². The van der Waals surface area contributed by atoms with Gasteiger partial charge in [0.2, 0.25) is 5.91 Å². The third-order valence-corrected chi connectivity index (χ3v) is 7.80. The van der Waals surface area contributed by atoms with Crippen molar-refractivity contribution in [2.24, 2.45) is 0 Å². The van der Waals surface area contributed by atoms with E-state index in [1.54, 1.807) is 6.07 Å². The summed E-state index contributed by atoms with van der Waals surface area (Å²) in [5.41, 5.74) is 3.13. The van der Waals surface area contributed by atoms with E-state index in [1.165, 1.54) is 5.69 Å². The number of benzene rings is 3. The Balaban J connectivity index is 1.12. The molecular formula is C32H33ClN6O2. The second-order valence-corrected chi connectivity index (χ2v) is 10.8. The quantitative estimate of drug-likeness (QED) is 0.296. The van der Waals surface area contributed by atoms with Gasteiger partial charge in [-0.2, -0.15) is 0 Å². The second-order valence-electron chi connectivity index (χ2n) is 10.4. The molecule has 1 amide bonds. The molecule has 3 aromatic carbocycles. The third kappa shape index (κ3) is 6.38. The summed E-state index contributed by atoms with van der Waals surface area (Å²) in [5.74, 6) is 3.05. The van der Waals surface area contributed by atoms with Gasteiger partial charge in [-0.05, 0) is 55.8 Å². The van der Waals surface area contributed by atoms with Crippen molar-refractivity contribution in [2.45, 2.75) is 19.4 Å². The molecule has 1 atom stereocenters. The number of aryl methyl sites for hydroxylation is 1. The highest BCUT2D eigenvalue weighted by Gasteiger charge is 2.30. The van der Waals surface area contributed by atoms with E-state index in [0.29, 0.717) is 28.9 Å². The Bertz CT molecular complexity index is 1510. The van der Waals surface area contributed by atoms with Gasteiger partial charge in [0.1, 0.15) is 23.1 Å². The Kier molecular flexibility index (Phi) is 7.91. The van der Waals surface area contributed by atoms with Crippen LogP contribution in [-0.4, -0.2) is 60.0 Å². The van der Waals surface area contributed by atoms with Crippen molar-refractivity contribution in [3.05, 3.63) is 101 Å². The van der Waals surface area contributed by atoms with E-state index in [2.05, 4.69) is 44.4 Å². The monoisotopic (exact) mass is 568 g/mol. The highest BCUT2D eigenvalue weighted by molar-refractivity contribution is 6.30. The maximum atomic E-state index is 13.4. The van der Waals surface area contributed by atoms with E-state index in [0.717, 1.165) is 56.2 Å². The number of nitrogens with zero attached hydrogens (tertiary/aromatic N) is 5. The lowest BCUT2D eigenvalue weighted by Crippen LogP contribution is -2.52. The maximum absolute atomic E-state index is 13.4. The minimum atomic E-state index is 0.00721. The van der Waals surface area contributed by atoms with Crippen LogP contribution in [0.25, 0.3) is 0 Å². The van der Waals surface area contributed by atoms with Crippen LogP contribution in [0.1, 0.15) is 23.9 Å². The van der Waals surface area contributed by atoms with E-state index in [9.17, 15) is 4.79 Å². The molecule has 2 aliphatic rings. The number of amides is 1. The van der Waals surface area contributed by atoms with Crippen molar-refractivity contribution in [3.8, 4) is 11.5 Å². The van der Waals surface area contributed by atoms with E-state index >= 15 is 0 Å². The van der Waals surface area contributed by atoms with Crippen LogP contribution in [0.2, 0.25) is 5.02 Å². The number of rotatable bonds is 7. The molecule has 1 fully saturated rings. The summed E-state index contributed by atoms with van der Waals surface area (Å²) < 4.78 is 6.02. The fraction of sp³-hybridized carbons (Fsp3) is 0.281. The summed E-state index contributed by atoms with van der Waals surface area (Å²) in [6.45, 7) is 6.01. The van der Waals surface area contributed by atoms with Gasteiger partial charge in [0, 0.05) is 66.9 Å². The fourth-order valence-corrected chi connectivity index (χ4v) is 5.63. The molecule has 1 aromatic heterocycles. The van der Waals surface area contributed by atoms with Crippen LogP contribution < -0.4 is 19.9 Å². The molecule has 6 rings (SSSR count). The molecule has 1 saturated heterocycles. The Hall–Kier alpha value is -4.30. The number of fused-ring (bicyclic) bond motifs is 1. The molecule has 1 N–H and O–H groups in total. The van der Waals surface area contributed by atoms with Crippen molar-refractivity contribution in [1.29, 1.82) is 0 Å². The normalized spacial score (nSPS) is 16.7. The molecule has 4 aromatic rings. The largest absolute Gasteiger partial charge is 0.457 e. The summed E-state index contributed by atoms with van der Waals surface area (Å²) in [5, 5.41) is 4.27. The predicted molar refractivity (Wildman–Crippen MR) is 163 cm³/mol. The lowest BCUT2D eigenvalue weighted by atomic mass is 10.00. The highest BCUT2D eigenvalue weighted by Crippen LogP contribution is 2.35. The number of para-hydroxylation sites is 1. The van der Waals surface area contributed by atoms with Gasteiger partial charge in [0.25, 0.3) is 0 Å². The zero-order valence-corrected chi connectivity index (χ0v) is 23.8. The Morgan fingerprint density at radius 2 is 1.71 bits per heavy atom. The number of anilines is 3. The minimum absolute atomic E-state index is 0.00721. The molecule has 41 heavy (non-hydrogen) atoms. The van der Waals surface area contributed by atoms with Gasteiger partial charge in [-0.25, -0.2) is 9.97 Å². The molecule has 0 spiro atoms. The average molecular weight is 569 g/mol. The van der Waals surface area contributed by atoms with Gasteiger partial charge < -0.3 is 24.8 Å². The van der Waals surface area contributed by atoms with Crippen LogP contribution in [0.5, 0.6) is 11.5 Å². The number of aromatic nitrogens is 2. The molecule has 210 valence electrons. The predicted octanol–water partition coefficient (Wildman–Crippen LogP) is 5.94. The van der Waals surface area contributed by atoms with Gasteiger partial charge in [0.05, 0.1) is 12.6 Å². The van der Waals surface area contributed by atoms with Gasteiger partial charge in [-0.15, -0.1) is 0 Å². The maximum Gasteiger partial charge on any atom is 0.242 e. The molecule has 8 nitrogen and oxygen atoms in total. The van der Waals surface area contributed by atoms with Crippen LogP contribution in [0, 0.1) is 6.92 Å². The number of piperazine rings is 1. The molecule has 9 heteroatoms. The van der Waals surface area contributed by atoms with Crippen molar-refractivity contribution in [2.75, 3.05) is 54.4 Å². The summed E-state index contributed by atoms with van der Waals surface area (Å²) in [4.78, 5) is 29.1. The molecule has 1 unspecified atom stereocenters. The lowest BCUT2D eigenvalue weighted by molar-refractivity contribution is -0.130.